The predicted molar refractivity (Wildman–Crippen MR) is 78.7 cm³/mol. The van der Waals surface area contributed by atoms with Gasteiger partial charge < -0.3 is 0 Å². The molecule has 0 fully saturated rings. The van der Waals surface area contributed by atoms with Gasteiger partial charge in [-0.3, -0.25) is 0 Å². The Morgan fingerprint density at radius 3 is 1.95 bits per heavy atom. The molecule has 0 aliphatic heterocycles. The average molecular weight is 240 g/mol. The minimum atomic E-state index is 1.33. The maximum absolute atomic E-state index is 2.31. The molecule has 0 atom stereocenters. The van der Waals surface area contributed by atoms with Gasteiger partial charge in [0, 0.05) is 0 Å². The normalized spacial score (nSPS) is 13.3. The van der Waals surface area contributed by atoms with Crippen LogP contribution in [0.15, 0.2) is 42.5 Å². The highest BCUT2D eigenvalue weighted by molar-refractivity contribution is 5.93. The molecule has 0 bridgehead atoms. The van der Waals surface area contributed by atoms with Crippen molar-refractivity contribution >= 4 is 22.9 Å². The quantitative estimate of drug-likeness (QED) is 0.443. The summed E-state index contributed by atoms with van der Waals surface area (Å²) in [6.07, 6.45) is 4.46. The van der Waals surface area contributed by atoms with E-state index in [0.29, 0.717) is 0 Å². The zero-order chi connectivity index (χ0) is 12.6. The molecule has 0 heteroatoms. The van der Waals surface area contributed by atoms with E-state index in [4.69, 9.17) is 0 Å². The lowest BCUT2D eigenvalue weighted by Crippen LogP contribution is -2.07. The van der Waals surface area contributed by atoms with Crippen LogP contribution in [-0.2, 0) is 0 Å². The van der Waals surface area contributed by atoms with E-state index in [1.807, 2.05) is 0 Å². The van der Waals surface area contributed by atoms with Gasteiger partial charge in [-0.25, -0.2) is 0 Å². The van der Waals surface area contributed by atoms with Crippen LogP contribution in [0.2, 0.25) is 0 Å². The fourth-order valence-electron chi connectivity index (χ4n) is 3.57. The van der Waals surface area contributed by atoms with E-state index in [-0.39, 0.29) is 0 Å². The zero-order valence-corrected chi connectivity index (χ0v) is 10.7. The Bertz CT molecular complexity index is 1180. The molecule has 3 aromatic carbocycles. The number of benzene rings is 3. The van der Waals surface area contributed by atoms with E-state index in [0.717, 1.165) is 0 Å². The van der Waals surface area contributed by atoms with Crippen molar-refractivity contribution in [1.82, 2.24) is 0 Å². The summed E-state index contributed by atoms with van der Waals surface area (Å²) in [5, 5.41) is 11.2. The molecule has 0 saturated heterocycles. The molecule has 0 N–H and O–H groups in total. The van der Waals surface area contributed by atoms with Crippen LogP contribution in [-0.4, -0.2) is 0 Å². The van der Waals surface area contributed by atoms with Crippen molar-refractivity contribution in [3.8, 4) is 0 Å². The van der Waals surface area contributed by atoms with Crippen LogP contribution in [0, 0.1) is 27.8 Å². The molecule has 0 aromatic heterocycles. The third-order valence-corrected chi connectivity index (χ3v) is 4.42. The highest BCUT2D eigenvalue weighted by atomic mass is 14.1. The first-order chi connectivity index (χ1) is 9.33. The highest BCUT2D eigenvalue weighted by Crippen LogP contribution is 2.20. The van der Waals surface area contributed by atoms with Crippen LogP contribution < -0.4 is 10.4 Å². The van der Waals surface area contributed by atoms with Crippen LogP contribution >= 0.6 is 0 Å². The van der Waals surface area contributed by atoms with E-state index >= 15 is 0 Å². The van der Waals surface area contributed by atoms with Crippen LogP contribution in [0.5, 0.6) is 0 Å². The Balaban J connectivity index is 2.37. The number of hydrogen-bond donors (Lipinski definition) is 0. The van der Waals surface area contributed by atoms with Crippen LogP contribution in [0.3, 0.4) is 0 Å². The van der Waals surface area contributed by atoms with Gasteiger partial charge in [-0.2, -0.15) is 0 Å². The molecular weight excluding hydrogens is 228 g/mol. The topological polar surface area (TPSA) is 0 Å². The Kier molecular flexibility index (Phi) is 1.50. The molecule has 2 aliphatic rings. The zero-order valence-electron chi connectivity index (χ0n) is 10.7. The summed E-state index contributed by atoms with van der Waals surface area (Å²) < 4.78 is 0. The van der Waals surface area contributed by atoms with Crippen molar-refractivity contribution < 1.29 is 0 Å². The smallest absolute Gasteiger partial charge is 0.00143 e. The van der Waals surface area contributed by atoms with Gasteiger partial charge >= 0.3 is 0 Å². The Morgan fingerprint density at radius 1 is 0.579 bits per heavy atom. The van der Waals surface area contributed by atoms with Gasteiger partial charge in [0.1, 0.15) is 0 Å². The lowest BCUT2D eigenvalue weighted by Gasteiger charge is -1.97. The van der Waals surface area contributed by atoms with Gasteiger partial charge in [0.05, 0.1) is 0 Å². The summed E-state index contributed by atoms with van der Waals surface area (Å²) in [7, 11) is 0. The van der Waals surface area contributed by atoms with Crippen molar-refractivity contribution in [1.29, 1.82) is 0 Å². The molecule has 5 rings (SSSR count). The Hall–Kier alpha value is -2.34. The molecule has 19 heavy (non-hydrogen) atoms. The molecule has 0 nitrogen and oxygen atoms in total. The first-order valence-electron chi connectivity index (χ1n) is 6.72. The summed E-state index contributed by atoms with van der Waals surface area (Å²) in [6.45, 7) is 2.17. The average Bonchev–Trinajstić information content (AvgIpc) is 2.96. The summed E-state index contributed by atoms with van der Waals surface area (Å²) in [5.41, 5.74) is 1.33. The van der Waals surface area contributed by atoms with Crippen molar-refractivity contribution in [2.75, 3.05) is 0 Å². The molecule has 0 amide bonds. The molecular formula is C19H12. The van der Waals surface area contributed by atoms with E-state index < -0.39 is 0 Å². The second-order valence-electron chi connectivity index (χ2n) is 5.54. The molecule has 0 radical (unpaired) electrons. The predicted octanol–water partition coefficient (Wildman–Crippen LogP) is 2.61. The monoisotopic (exact) mass is 240 g/mol. The Morgan fingerprint density at radius 2 is 1.21 bits per heavy atom. The summed E-state index contributed by atoms with van der Waals surface area (Å²) in [4.78, 5) is 0. The molecule has 0 heterocycles. The van der Waals surface area contributed by atoms with Crippen molar-refractivity contribution in [3.05, 3.63) is 79.3 Å². The van der Waals surface area contributed by atoms with Gasteiger partial charge in [0.2, 0.25) is 0 Å². The van der Waals surface area contributed by atoms with Gasteiger partial charge in [-0.15, -0.1) is 0 Å². The largest absolute Gasteiger partial charge is 0.0587 e. The lowest BCUT2D eigenvalue weighted by molar-refractivity contribution is 1.39. The van der Waals surface area contributed by atoms with Crippen LogP contribution in [0.1, 0.15) is 5.56 Å². The van der Waals surface area contributed by atoms with Gasteiger partial charge in [-0.1, -0.05) is 60.2 Å². The fraction of sp³-hybridized carbons (Fsp3) is 0.0526. The number of rotatable bonds is 0. The molecule has 0 unspecified atom stereocenters. The SMILES string of the molecule is Cc1ccc2c(c1)=c1ccc3c4c(ccc=2c14)=CC=3. The number of aryl methyl sites for hydroxylation is 1. The summed E-state index contributed by atoms with van der Waals surface area (Å²) in [6, 6.07) is 15.9. The maximum Gasteiger partial charge on any atom is -0.00143 e. The summed E-state index contributed by atoms with van der Waals surface area (Å²) in [5.74, 6) is 0. The standard InChI is InChI=1S/C19H12/c1-11-2-7-14-15-8-5-12-3-4-13-6-9-16(17(14)10-11)19(15)18(12)13/h2-10H,1H3. The molecule has 0 saturated carbocycles. The molecule has 3 aromatic rings. The van der Waals surface area contributed by atoms with Crippen molar-refractivity contribution in [2.24, 2.45) is 0 Å². The van der Waals surface area contributed by atoms with E-state index in [1.165, 1.54) is 47.6 Å². The second-order valence-corrected chi connectivity index (χ2v) is 5.54. The number of fused-ring (bicyclic) bond motifs is 1. The van der Waals surface area contributed by atoms with Gasteiger partial charge in [0.25, 0.3) is 0 Å². The third-order valence-electron chi connectivity index (χ3n) is 4.42. The van der Waals surface area contributed by atoms with Crippen molar-refractivity contribution in [2.45, 2.75) is 6.92 Å². The lowest BCUT2D eigenvalue weighted by atomic mass is 10.1. The maximum atomic E-state index is 2.31. The van der Waals surface area contributed by atoms with E-state index in [2.05, 4.69) is 61.5 Å². The summed E-state index contributed by atoms with van der Waals surface area (Å²) >= 11 is 0. The highest BCUT2D eigenvalue weighted by Gasteiger charge is 2.09. The van der Waals surface area contributed by atoms with E-state index in [1.54, 1.807) is 0 Å². The molecule has 88 valence electrons. The van der Waals surface area contributed by atoms with Crippen LogP contribution in [0.25, 0.3) is 22.9 Å². The third kappa shape index (κ3) is 1.01. The first kappa shape index (κ1) is 9.57. The molecule has 2 aliphatic carbocycles. The van der Waals surface area contributed by atoms with E-state index in [9.17, 15) is 0 Å². The molecule has 0 spiro atoms. The van der Waals surface area contributed by atoms with Gasteiger partial charge in [-0.05, 0) is 49.0 Å². The minimum Gasteiger partial charge on any atom is -0.0587 e. The van der Waals surface area contributed by atoms with Crippen LogP contribution in [0.4, 0.5) is 0 Å². The number of hydrogen-bond acceptors (Lipinski definition) is 0. The van der Waals surface area contributed by atoms with Gasteiger partial charge in [0.15, 0.2) is 0 Å². The Labute approximate surface area is 109 Å². The first-order valence-corrected chi connectivity index (χ1v) is 6.72. The fourth-order valence-corrected chi connectivity index (χ4v) is 3.57. The minimum absolute atomic E-state index is 1.33. The van der Waals surface area contributed by atoms with Crippen molar-refractivity contribution in [3.63, 3.8) is 0 Å². The second kappa shape index (κ2) is 2.97.